The molecule has 0 amide bonds. The maximum atomic E-state index is 13.4. The van der Waals surface area contributed by atoms with Gasteiger partial charge in [0, 0.05) is 31.5 Å². The molecule has 1 heterocycles. The van der Waals surface area contributed by atoms with Crippen molar-refractivity contribution < 1.29 is 14.3 Å². The number of pyridine rings is 1. The molecule has 1 saturated carbocycles. The second-order valence-electron chi connectivity index (χ2n) is 6.01. The van der Waals surface area contributed by atoms with Crippen LogP contribution in [0.3, 0.4) is 0 Å². The topological polar surface area (TPSA) is 53.4 Å². The van der Waals surface area contributed by atoms with Crippen LogP contribution in [0.15, 0.2) is 42.7 Å². The van der Waals surface area contributed by atoms with Gasteiger partial charge in [-0.3, -0.25) is 9.88 Å². The molecule has 1 N–H and O–H groups in total. The maximum Gasteiger partial charge on any atom is 0.337 e. The molecule has 4 nitrogen and oxygen atoms in total. The van der Waals surface area contributed by atoms with Crippen molar-refractivity contribution >= 4 is 5.97 Å². The highest BCUT2D eigenvalue weighted by Crippen LogP contribution is 2.28. The smallest absolute Gasteiger partial charge is 0.337 e. The molecule has 23 heavy (non-hydrogen) atoms. The van der Waals surface area contributed by atoms with Crippen LogP contribution in [0.1, 0.15) is 40.7 Å². The van der Waals surface area contributed by atoms with E-state index in [0.717, 1.165) is 24.0 Å². The average Bonchev–Trinajstić information content (AvgIpc) is 2.45. The molecular weight excluding hydrogens is 295 g/mol. The third-order valence-corrected chi connectivity index (χ3v) is 4.29. The molecule has 1 aromatic carbocycles. The van der Waals surface area contributed by atoms with Gasteiger partial charge >= 0.3 is 5.97 Å². The van der Waals surface area contributed by atoms with Crippen molar-refractivity contribution in [1.29, 1.82) is 0 Å². The van der Waals surface area contributed by atoms with Gasteiger partial charge in [0.25, 0.3) is 0 Å². The van der Waals surface area contributed by atoms with E-state index in [4.69, 9.17) is 5.11 Å². The third-order valence-electron chi connectivity index (χ3n) is 4.29. The summed E-state index contributed by atoms with van der Waals surface area (Å²) < 4.78 is 13.4. The molecule has 2 aromatic rings. The highest BCUT2D eigenvalue weighted by molar-refractivity contribution is 5.87. The highest BCUT2D eigenvalue weighted by atomic mass is 19.1. The Kier molecular flexibility index (Phi) is 4.67. The number of hydrogen-bond acceptors (Lipinski definition) is 3. The number of rotatable bonds is 6. The van der Waals surface area contributed by atoms with Crippen molar-refractivity contribution in [3.63, 3.8) is 0 Å². The summed E-state index contributed by atoms with van der Waals surface area (Å²) in [6, 6.07) is 8.75. The molecule has 1 fully saturated rings. The molecule has 1 aliphatic carbocycles. The SMILES string of the molecule is O=C(O)c1cncc(CN(Cc2cccc(F)c2)C2CCC2)c1. The van der Waals surface area contributed by atoms with Crippen LogP contribution in [0.5, 0.6) is 0 Å². The van der Waals surface area contributed by atoms with E-state index >= 15 is 0 Å². The minimum absolute atomic E-state index is 0.196. The maximum absolute atomic E-state index is 13.4. The van der Waals surface area contributed by atoms with E-state index in [-0.39, 0.29) is 11.4 Å². The summed E-state index contributed by atoms with van der Waals surface area (Å²) >= 11 is 0. The molecule has 0 saturated heterocycles. The van der Waals surface area contributed by atoms with Gasteiger partial charge in [-0.2, -0.15) is 0 Å². The average molecular weight is 314 g/mol. The van der Waals surface area contributed by atoms with E-state index in [1.807, 2.05) is 6.07 Å². The molecule has 0 atom stereocenters. The molecule has 1 aliphatic rings. The quantitative estimate of drug-likeness (QED) is 0.887. The number of carboxylic acid groups (broad SMARTS) is 1. The van der Waals surface area contributed by atoms with Crippen LogP contribution in [0.25, 0.3) is 0 Å². The van der Waals surface area contributed by atoms with Crippen LogP contribution in [-0.4, -0.2) is 27.0 Å². The van der Waals surface area contributed by atoms with Gasteiger partial charge in [-0.25, -0.2) is 9.18 Å². The number of nitrogens with zero attached hydrogens (tertiary/aromatic N) is 2. The van der Waals surface area contributed by atoms with Gasteiger partial charge in [0.15, 0.2) is 0 Å². The zero-order chi connectivity index (χ0) is 16.2. The Labute approximate surface area is 134 Å². The zero-order valence-corrected chi connectivity index (χ0v) is 12.8. The van der Waals surface area contributed by atoms with Crippen LogP contribution in [0.4, 0.5) is 4.39 Å². The Morgan fingerprint density at radius 3 is 2.65 bits per heavy atom. The molecule has 0 unspecified atom stereocenters. The number of carbonyl (C=O) groups is 1. The number of carboxylic acids is 1. The Balaban J connectivity index is 1.77. The van der Waals surface area contributed by atoms with Gasteiger partial charge in [0.1, 0.15) is 5.82 Å². The molecule has 3 rings (SSSR count). The van der Waals surface area contributed by atoms with Gasteiger partial charge in [-0.15, -0.1) is 0 Å². The summed E-state index contributed by atoms with van der Waals surface area (Å²) in [5, 5.41) is 9.08. The van der Waals surface area contributed by atoms with Crippen LogP contribution >= 0.6 is 0 Å². The first-order valence-corrected chi connectivity index (χ1v) is 7.77. The monoisotopic (exact) mass is 314 g/mol. The lowest BCUT2D eigenvalue weighted by atomic mass is 9.90. The number of aromatic nitrogens is 1. The fourth-order valence-electron chi connectivity index (χ4n) is 2.86. The molecular formula is C18H19FN2O2. The standard InChI is InChI=1S/C18H19FN2O2/c19-16-4-1-3-13(8-16)11-21(17-5-2-6-17)12-14-7-15(18(22)23)10-20-9-14/h1,3-4,7-10,17H,2,5-6,11-12H2,(H,22,23). The van der Waals surface area contributed by atoms with Crippen LogP contribution < -0.4 is 0 Å². The number of hydrogen-bond donors (Lipinski definition) is 1. The van der Waals surface area contributed by atoms with Crippen LogP contribution in [-0.2, 0) is 13.1 Å². The first-order valence-electron chi connectivity index (χ1n) is 7.77. The van der Waals surface area contributed by atoms with Crippen LogP contribution in [0, 0.1) is 5.82 Å². The van der Waals surface area contributed by atoms with Crippen LogP contribution in [0.2, 0.25) is 0 Å². The fraction of sp³-hybridized carbons (Fsp3) is 0.333. The molecule has 0 spiro atoms. The van der Waals surface area contributed by atoms with Crippen molar-refractivity contribution in [2.75, 3.05) is 0 Å². The minimum atomic E-state index is -0.973. The normalized spacial score (nSPS) is 14.7. The zero-order valence-electron chi connectivity index (χ0n) is 12.8. The van der Waals surface area contributed by atoms with Gasteiger partial charge < -0.3 is 5.11 Å². The molecule has 5 heteroatoms. The Bertz CT molecular complexity index is 701. The number of benzene rings is 1. The first kappa shape index (κ1) is 15.6. The lowest BCUT2D eigenvalue weighted by Gasteiger charge is -2.37. The summed E-state index contributed by atoms with van der Waals surface area (Å²) in [4.78, 5) is 17.4. The van der Waals surface area contributed by atoms with Gasteiger partial charge in [-0.05, 0) is 42.2 Å². The summed E-state index contributed by atoms with van der Waals surface area (Å²) in [6.07, 6.45) is 6.51. The predicted octanol–water partition coefficient (Wildman–Crippen LogP) is 3.47. The molecule has 1 aromatic heterocycles. The lowest BCUT2D eigenvalue weighted by Crippen LogP contribution is -2.39. The minimum Gasteiger partial charge on any atom is -0.478 e. The summed E-state index contributed by atoms with van der Waals surface area (Å²) in [7, 11) is 0. The first-order chi connectivity index (χ1) is 11.1. The van der Waals surface area contributed by atoms with Crippen molar-refractivity contribution in [2.45, 2.75) is 38.4 Å². The van der Waals surface area contributed by atoms with E-state index < -0.39 is 5.97 Å². The van der Waals surface area contributed by atoms with Gasteiger partial charge in [-0.1, -0.05) is 18.6 Å². The molecule has 0 radical (unpaired) electrons. The molecule has 0 bridgehead atoms. The second-order valence-corrected chi connectivity index (χ2v) is 6.01. The fourth-order valence-corrected chi connectivity index (χ4v) is 2.86. The predicted molar refractivity (Wildman–Crippen MR) is 84.5 cm³/mol. The Morgan fingerprint density at radius 2 is 2.00 bits per heavy atom. The van der Waals surface area contributed by atoms with E-state index in [2.05, 4.69) is 9.88 Å². The Morgan fingerprint density at radius 1 is 1.22 bits per heavy atom. The van der Waals surface area contributed by atoms with Crippen molar-refractivity contribution in [3.8, 4) is 0 Å². The lowest BCUT2D eigenvalue weighted by molar-refractivity contribution is 0.0696. The summed E-state index contributed by atoms with van der Waals surface area (Å²) in [5.41, 5.74) is 1.99. The van der Waals surface area contributed by atoms with E-state index in [9.17, 15) is 9.18 Å². The van der Waals surface area contributed by atoms with Gasteiger partial charge in [0.05, 0.1) is 5.56 Å². The van der Waals surface area contributed by atoms with E-state index in [0.29, 0.717) is 19.1 Å². The van der Waals surface area contributed by atoms with Crippen molar-refractivity contribution in [2.24, 2.45) is 0 Å². The second kappa shape index (κ2) is 6.87. The van der Waals surface area contributed by atoms with Gasteiger partial charge in [0.2, 0.25) is 0 Å². The van der Waals surface area contributed by atoms with E-state index in [1.54, 1.807) is 24.4 Å². The number of halogens is 1. The van der Waals surface area contributed by atoms with Crippen molar-refractivity contribution in [1.82, 2.24) is 9.88 Å². The summed E-state index contributed by atoms with van der Waals surface area (Å²) in [6.45, 7) is 1.27. The molecule has 0 aliphatic heterocycles. The number of aromatic carboxylic acids is 1. The van der Waals surface area contributed by atoms with E-state index in [1.165, 1.54) is 18.7 Å². The largest absolute Gasteiger partial charge is 0.478 e. The Hall–Kier alpha value is -2.27. The third kappa shape index (κ3) is 3.93. The highest BCUT2D eigenvalue weighted by Gasteiger charge is 2.25. The molecule has 120 valence electrons. The van der Waals surface area contributed by atoms with Crippen molar-refractivity contribution in [3.05, 3.63) is 65.2 Å². The summed E-state index contributed by atoms with van der Waals surface area (Å²) in [5.74, 6) is -1.20.